The summed E-state index contributed by atoms with van der Waals surface area (Å²) in [4.78, 5) is 10.6. The minimum Gasteiger partial charge on any atom is -0.481 e. The molecule has 1 aromatic carbocycles. The maximum absolute atomic E-state index is 12.9. The van der Waals surface area contributed by atoms with Crippen LogP contribution in [0, 0.1) is 0 Å². The molecule has 1 unspecified atom stereocenters. The van der Waals surface area contributed by atoms with Crippen LogP contribution < -0.4 is 9.47 Å². The molecule has 1 N–H and O–H groups in total. The Kier molecular flexibility index (Phi) is 3.62. The van der Waals surface area contributed by atoms with Gasteiger partial charge in [-0.1, -0.05) is 0 Å². The molecule has 0 radical (unpaired) electrons. The quantitative estimate of drug-likeness (QED) is 0.917. The molecule has 4 nitrogen and oxygen atoms in total. The summed E-state index contributed by atoms with van der Waals surface area (Å²) in [6, 6.07) is 2.36. The van der Waals surface area contributed by atoms with Crippen LogP contribution in [0.15, 0.2) is 16.6 Å². The van der Waals surface area contributed by atoms with Gasteiger partial charge in [-0.15, -0.1) is 0 Å². The van der Waals surface area contributed by atoms with Crippen molar-refractivity contribution in [3.8, 4) is 11.5 Å². The third-order valence-corrected chi connectivity index (χ3v) is 3.21. The number of benzene rings is 1. The zero-order valence-corrected chi connectivity index (χ0v) is 10.9. The van der Waals surface area contributed by atoms with Crippen molar-refractivity contribution in [1.82, 2.24) is 0 Å². The van der Waals surface area contributed by atoms with Gasteiger partial charge in [-0.3, -0.25) is 4.79 Å². The van der Waals surface area contributed by atoms with E-state index in [-0.39, 0.29) is 18.1 Å². The fourth-order valence-corrected chi connectivity index (χ4v) is 2.36. The SMILES string of the molecule is O=C(O)CC(c1cc(Br)c2c(c1)OCO2)C(F)(F)F. The second kappa shape index (κ2) is 4.92. The summed E-state index contributed by atoms with van der Waals surface area (Å²) >= 11 is 3.08. The first-order valence-electron chi connectivity index (χ1n) is 5.16. The van der Waals surface area contributed by atoms with Gasteiger partial charge in [0.1, 0.15) is 0 Å². The van der Waals surface area contributed by atoms with Gasteiger partial charge in [-0.2, -0.15) is 13.2 Å². The second-order valence-corrected chi connectivity index (χ2v) is 4.78. The Hall–Kier alpha value is -1.44. The zero-order chi connectivity index (χ0) is 14.2. The molecule has 1 atom stereocenters. The topological polar surface area (TPSA) is 55.8 Å². The number of halogens is 4. The van der Waals surface area contributed by atoms with Crippen LogP contribution in [0.25, 0.3) is 0 Å². The van der Waals surface area contributed by atoms with E-state index in [4.69, 9.17) is 14.6 Å². The summed E-state index contributed by atoms with van der Waals surface area (Å²) in [5.74, 6) is -3.11. The van der Waals surface area contributed by atoms with E-state index >= 15 is 0 Å². The van der Waals surface area contributed by atoms with Crippen molar-refractivity contribution in [2.24, 2.45) is 0 Å². The number of hydrogen-bond donors (Lipinski definition) is 1. The Morgan fingerprint density at radius 3 is 2.68 bits per heavy atom. The Morgan fingerprint density at radius 2 is 2.11 bits per heavy atom. The second-order valence-electron chi connectivity index (χ2n) is 3.93. The number of carbonyl (C=O) groups is 1. The Balaban J connectivity index is 2.42. The highest BCUT2D eigenvalue weighted by Gasteiger charge is 2.42. The lowest BCUT2D eigenvalue weighted by Gasteiger charge is -2.19. The van der Waals surface area contributed by atoms with Crippen molar-refractivity contribution in [3.05, 3.63) is 22.2 Å². The molecule has 1 aromatic rings. The predicted octanol–water partition coefficient (Wildman–Crippen LogP) is 3.30. The standard InChI is InChI=1S/C11H8BrF3O4/c12-7-1-5(2-8-10(7)19-4-18-8)6(3-9(16)17)11(13,14)15/h1-2,6H,3-4H2,(H,16,17). The fourth-order valence-electron chi connectivity index (χ4n) is 1.79. The molecule has 104 valence electrons. The van der Waals surface area contributed by atoms with Gasteiger partial charge < -0.3 is 14.6 Å². The van der Waals surface area contributed by atoms with Gasteiger partial charge in [0.05, 0.1) is 16.8 Å². The van der Waals surface area contributed by atoms with E-state index in [9.17, 15) is 18.0 Å². The molecule has 19 heavy (non-hydrogen) atoms. The van der Waals surface area contributed by atoms with Gasteiger partial charge in [-0.05, 0) is 33.6 Å². The van der Waals surface area contributed by atoms with Gasteiger partial charge in [0.2, 0.25) is 6.79 Å². The number of carboxylic acids is 1. The minimum absolute atomic E-state index is 0.0764. The highest BCUT2D eigenvalue weighted by atomic mass is 79.9. The van der Waals surface area contributed by atoms with E-state index in [0.717, 1.165) is 6.07 Å². The van der Waals surface area contributed by atoms with Crippen molar-refractivity contribution in [2.75, 3.05) is 6.79 Å². The predicted molar refractivity (Wildman–Crippen MR) is 61.3 cm³/mol. The summed E-state index contributed by atoms with van der Waals surface area (Å²) < 4.78 is 49.1. The zero-order valence-electron chi connectivity index (χ0n) is 9.33. The van der Waals surface area contributed by atoms with E-state index < -0.39 is 24.5 Å². The summed E-state index contributed by atoms with van der Waals surface area (Å²) in [5.41, 5.74) is -0.175. The highest BCUT2D eigenvalue weighted by Crippen LogP contribution is 2.45. The molecule has 0 fully saturated rings. The molecule has 1 aliphatic heterocycles. The summed E-state index contributed by atoms with van der Waals surface area (Å²) in [6.45, 7) is -0.0764. The van der Waals surface area contributed by atoms with E-state index in [1.165, 1.54) is 6.07 Å². The largest absolute Gasteiger partial charge is 0.481 e. The molecule has 0 spiro atoms. The van der Waals surface area contributed by atoms with E-state index in [1.807, 2.05) is 0 Å². The van der Waals surface area contributed by atoms with Crippen molar-refractivity contribution in [2.45, 2.75) is 18.5 Å². The molecular formula is C11H8BrF3O4. The summed E-state index contributed by atoms with van der Waals surface area (Å²) in [7, 11) is 0. The lowest BCUT2D eigenvalue weighted by Crippen LogP contribution is -2.23. The van der Waals surface area contributed by atoms with Crippen LogP contribution in [0.3, 0.4) is 0 Å². The summed E-state index contributed by atoms with van der Waals surface area (Å²) in [5, 5.41) is 8.60. The van der Waals surface area contributed by atoms with Crippen molar-refractivity contribution < 1.29 is 32.5 Å². The van der Waals surface area contributed by atoms with Crippen LogP contribution >= 0.6 is 15.9 Å². The van der Waals surface area contributed by atoms with Crippen molar-refractivity contribution in [3.63, 3.8) is 0 Å². The molecule has 0 saturated heterocycles. The first-order chi connectivity index (χ1) is 8.79. The number of alkyl halides is 3. The van der Waals surface area contributed by atoms with Crippen molar-refractivity contribution >= 4 is 21.9 Å². The van der Waals surface area contributed by atoms with Crippen LogP contribution in [0.1, 0.15) is 17.9 Å². The first kappa shape index (κ1) is 14.0. The molecular weight excluding hydrogens is 333 g/mol. The molecule has 0 saturated carbocycles. The molecule has 0 aliphatic carbocycles. The smallest absolute Gasteiger partial charge is 0.396 e. The van der Waals surface area contributed by atoms with Crippen LogP contribution in [-0.2, 0) is 4.79 Å². The fraction of sp³-hybridized carbons (Fsp3) is 0.364. The minimum atomic E-state index is -4.65. The molecule has 2 rings (SSSR count). The molecule has 0 bridgehead atoms. The van der Waals surface area contributed by atoms with Gasteiger partial charge in [0.15, 0.2) is 11.5 Å². The third kappa shape index (κ3) is 2.94. The first-order valence-corrected chi connectivity index (χ1v) is 5.96. The third-order valence-electron chi connectivity index (χ3n) is 2.63. The average molecular weight is 341 g/mol. The van der Waals surface area contributed by atoms with Crippen LogP contribution in [0.4, 0.5) is 13.2 Å². The average Bonchev–Trinajstić information content (AvgIpc) is 2.72. The van der Waals surface area contributed by atoms with Gasteiger partial charge in [0, 0.05) is 0 Å². The number of fused-ring (bicyclic) bond motifs is 1. The van der Waals surface area contributed by atoms with Crippen LogP contribution in [0.5, 0.6) is 11.5 Å². The Bertz CT molecular complexity index is 515. The molecule has 1 aliphatic rings. The molecule has 1 heterocycles. The number of carboxylic acid groups (broad SMARTS) is 1. The maximum atomic E-state index is 12.9. The molecule has 0 aromatic heterocycles. The van der Waals surface area contributed by atoms with Gasteiger partial charge >= 0.3 is 12.1 Å². The normalized spacial score (nSPS) is 15.4. The maximum Gasteiger partial charge on any atom is 0.396 e. The number of rotatable bonds is 3. The van der Waals surface area contributed by atoms with Crippen molar-refractivity contribution in [1.29, 1.82) is 0 Å². The lowest BCUT2D eigenvalue weighted by molar-refractivity contribution is -0.163. The van der Waals surface area contributed by atoms with E-state index in [0.29, 0.717) is 10.2 Å². The Morgan fingerprint density at radius 1 is 1.42 bits per heavy atom. The Labute approximate surface area is 114 Å². The number of hydrogen-bond acceptors (Lipinski definition) is 3. The lowest BCUT2D eigenvalue weighted by atomic mass is 9.95. The van der Waals surface area contributed by atoms with Crippen LogP contribution in [-0.4, -0.2) is 24.0 Å². The number of ether oxygens (including phenoxy) is 2. The molecule has 0 amide bonds. The van der Waals surface area contributed by atoms with Gasteiger partial charge in [-0.25, -0.2) is 0 Å². The number of aliphatic carboxylic acids is 1. The van der Waals surface area contributed by atoms with E-state index in [2.05, 4.69) is 15.9 Å². The van der Waals surface area contributed by atoms with Gasteiger partial charge in [0.25, 0.3) is 0 Å². The summed E-state index contributed by atoms with van der Waals surface area (Å²) in [6.07, 6.45) is -5.68. The molecule has 8 heteroatoms. The van der Waals surface area contributed by atoms with E-state index in [1.54, 1.807) is 0 Å². The monoisotopic (exact) mass is 340 g/mol. The van der Waals surface area contributed by atoms with Crippen LogP contribution in [0.2, 0.25) is 0 Å². The highest BCUT2D eigenvalue weighted by molar-refractivity contribution is 9.10.